The highest BCUT2D eigenvalue weighted by Crippen LogP contribution is 2.43. The van der Waals surface area contributed by atoms with E-state index >= 15 is 0 Å². The Kier molecular flexibility index (Phi) is 5.38. The molecule has 5 rings (SSSR count). The van der Waals surface area contributed by atoms with Crippen molar-refractivity contribution in [1.29, 1.82) is 0 Å². The number of rotatable bonds is 5. The summed E-state index contributed by atoms with van der Waals surface area (Å²) >= 11 is 0. The van der Waals surface area contributed by atoms with Gasteiger partial charge in [-0.3, -0.25) is 0 Å². The molecule has 2 aromatic carbocycles. The van der Waals surface area contributed by atoms with Crippen molar-refractivity contribution >= 4 is 11.9 Å². The summed E-state index contributed by atoms with van der Waals surface area (Å²) in [6, 6.07) is 11.9. The molecule has 0 saturated carbocycles. The van der Waals surface area contributed by atoms with Crippen LogP contribution in [0.4, 0.5) is 4.39 Å². The third-order valence-corrected chi connectivity index (χ3v) is 6.14. The zero-order valence-corrected chi connectivity index (χ0v) is 18.5. The number of fused-ring (bicyclic) bond motifs is 1. The number of imidazole rings is 1. The van der Waals surface area contributed by atoms with Crippen molar-refractivity contribution in [3.63, 3.8) is 0 Å². The van der Waals surface area contributed by atoms with Gasteiger partial charge in [-0.05, 0) is 67.8 Å². The number of oxime groups is 1. The van der Waals surface area contributed by atoms with Crippen LogP contribution in [0.25, 0.3) is 11.8 Å². The number of aryl methyl sites for hydroxylation is 1. The summed E-state index contributed by atoms with van der Waals surface area (Å²) in [5, 5.41) is 15.2. The van der Waals surface area contributed by atoms with Gasteiger partial charge in [-0.25, -0.2) is 9.37 Å². The van der Waals surface area contributed by atoms with Crippen LogP contribution in [-0.2, 0) is 10.6 Å². The predicted octanol–water partition coefficient (Wildman–Crippen LogP) is 4.00. The fourth-order valence-corrected chi connectivity index (χ4v) is 4.49. The summed E-state index contributed by atoms with van der Waals surface area (Å²) < 4.78 is 21.0. The minimum Gasteiger partial charge on any atom is -0.495 e. The Morgan fingerprint density at radius 3 is 2.76 bits per heavy atom. The van der Waals surface area contributed by atoms with Gasteiger partial charge < -0.3 is 24.1 Å². The van der Waals surface area contributed by atoms with Crippen LogP contribution in [0.1, 0.15) is 29.7 Å². The molecular weight excluding hydrogens is 423 g/mol. The number of ether oxygens (including phenoxy) is 1. The molecule has 8 heteroatoms. The summed E-state index contributed by atoms with van der Waals surface area (Å²) in [5.74, 6) is 0.980. The molecule has 3 aromatic rings. The van der Waals surface area contributed by atoms with Gasteiger partial charge in [0.15, 0.2) is 5.84 Å². The lowest BCUT2D eigenvalue weighted by Crippen LogP contribution is -2.57. The van der Waals surface area contributed by atoms with Gasteiger partial charge in [0.2, 0.25) is 0 Å². The molecule has 2 aliphatic rings. The van der Waals surface area contributed by atoms with E-state index in [2.05, 4.69) is 10.1 Å². The standard InChI is InChI=1S/C25H25FN4O3/c1-17-15-29(16-27-17)21-11-5-18(14-22(21)32-2)6-12-24-28-33-25(19-7-9-20(26)10-8-19)23(31)4-3-13-30(24)25/h5-12,14-16,23,31H,3-4,13H2,1-2H3/b12-6+/t23-,25+/m0/s1. The average Bonchev–Trinajstić information content (AvgIpc) is 3.43. The van der Waals surface area contributed by atoms with Gasteiger partial charge in [0.1, 0.15) is 17.7 Å². The minimum absolute atomic E-state index is 0.339. The highest BCUT2D eigenvalue weighted by atomic mass is 19.1. The van der Waals surface area contributed by atoms with E-state index in [1.54, 1.807) is 25.6 Å². The number of hydrogen-bond donors (Lipinski definition) is 1. The maximum absolute atomic E-state index is 13.5. The van der Waals surface area contributed by atoms with Gasteiger partial charge in [0.25, 0.3) is 5.72 Å². The average molecular weight is 448 g/mol. The fraction of sp³-hybridized carbons (Fsp3) is 0.280. The molecule has 170 valence electrons. The molecule has 1 saturated heterocycles. The van der Waals surface area contributed by atoms with E-state index in [0.29, 0.717) is 30.1 Å². The Morgan fingerprint density at radius 2 is 2.03 bits per heavy atom. The van der Waals surface area contributed by atoms with E-state index in [1.165, 1.54) is 12.1 Å². The first-order valence-electron chi connectivity index (χ1n) is 10.9. The normalized spacial score (nSPS) is 22.2. The molecule has 3 heterocycles. The van der Waals surface area contributed by atoms with Crippen LogP contribution in [0.5, 0.6) is 5.75 Å². The van der Waals surface area contributed by atoms with Crippen molar-refractivity contribution in [2.75, 3.05) is 13.7 Å². The Bertz CT molecular complexity index is 1220. The van der Waals surface area contributed by atoms with E-state index in [4.69, 9.17) is 9.57 Å². The maximum atomic E-state index is 13.5. The highest BCUT2D eigenvalue weighted by Gasteiger charge is 2.54. The second-order valence-corrected chi connectivity index (χ2v) is 8.24. The van der Waals surface area contributed by atoms with Gasteiger partial charge in [0.05, 0.1) is 24.8 Å². The maximum Gasteiger partial charge on any atom is 0.263 e. The van der Waals surface area contributed by atoms with E-state index in [0.717, 1.165) is 23.4 Å². The Labute approximate surface area is 191 Å². The number of aromatic nitrogens is 2. The third kappa shape index (κ3) is 3.66. The van der Waals surface area contributed by atoms with Crippen LogP contribution in [0.15, 0.2) is 66.2 Å². The molecule has 2 atom stereocenters. The molecule has 0 aliphatic carbocycles. The zero-order valence-electron chi connectivity index (χ0n) is 18.5. The number of halogens is 1. The van der Waals surface area contributed by atoms with Crippen LogP contribution in [0, 0.1) is 12.7 Å². The minimum atomic E-state index is -1.15. The number of amidine groups is 1. The Balaban J connectivity index is 1.43. The largest absolute Gasteiger partial charge is 0.495 e. The molecule has 7 nitrogen and oxygen atoms in total. The van der Waals surface area contributed by atoms with E-state index in [-0.39, 0.29) is 5.82 Å². The quantitative estimate of drug-likeness (QED) is 0.639. The Morgan fingerprint density at radius 1 is 1.21 bits per heavy atom. The number of nitrogens with zero attached hydrogens (tertiary/aromatic N) is 4. The molecular formula is C25H25FN4O3. The van der Waals surface area contributed by atoms with E-state index in [9.17, 15) is 9.50 Å². The number of hydrogen-bond acceptors (Lipinski definition) is 6. The monoisotopic (exact) mass is 448 g/mol. The van der Waals surface area contributed by atoms with Crippen LogP contribution in [-0.4, -0.2) is 45.2 Å². The lowest BCUT2D eigenvalue weighted by molar-refractivity contribution is -0.194. The molecule has 1 fully saturated rings. The van der Waals surface area contributed by atoms with E-state index < -0.39 is 11.8 Å². The Hall–Kier alpha value is -3.65. The fourth-order valence-electron chi connectivity index (χ4n) is 4.49. The second-order valence-electron chi connectivity index (χ2n) is 8.24. The van der Waals surface area contributed by atoms with Crippen molar-refractivity contribution in [2.24, 2.45) is 5.16 Å². The van der Waals surface area contributed by atoms with Gasteiger partial charge in [-0.2, -0.15) is 0 Å². The molecule has 1 N–H and O–H groups in total. The molecule has 33 heavy (non-hydrogen) atoms. The van der Waals surface area contributed by atoms with E-state index in [1.807, 2.05) is 52.9 Å². The van der Waals surface area contributed by atoms with Crippen molar-refractivity contribution in [2.45, 2.75) is 31.6 Å². The van der Waals surface area contributed by atoms with Gasteiger partial charge in [0, 0.05) is 18.3 Å². The molecule has 2 aliphatic heterocycles. The molecule has 0 bridgehead atoms. The smallest absolute Gasteiger partial charge is 0.263 e. The number of benzene rings is 2. The number of methoxy groups -OCH3 is 1. The molecule has 0 radical (unpaired) electrons. The van der Waals surface area contributed by atoms with Crippen molar-refractivity contribution in [3.8, 4) is 11.4 Å². The first kappa shape index (κ1) is 21.2. The van der Waals surface area contributed by atoms with Gasteiger partial charge >= 0.3 is 0 Å². The molecule has 1 aromatic heterocycles. The van der Waals surface area contributed by atoms with Crippen molar-refractivity contribution in [1.82, 2.24) is 14.5 Å². The van der Waals surface area contributed by atoms with Gasteiger partial charge in [-0.1, -0.05) is 17.3 Å². The highest BCUT2D eigenvalue weighted by molar-refractivity contribution is 5.97. The van der Waals surface area contributed by atoms with Gasteiger partial charge in [-0.15, -0.1) is 0 Å². The SMILES string of the molecule is COc1cc(/C=C/C2=NO[C@]3(c4ccc(F)cc4)[C@@H](O)CCCN23)ccc1-n1cnc(C)c1. The van der Waals surface area contributed by atoms with Crippen LogP contribution in [0.3, 0.4) is 0 Å². The lowest BCUT2D eigenvalue weighted by Gasteiger charge is -2.44. The number of aliphatic hydroxyl groups excluding tert-OH is 1. The molecule has 0 unspecified atom stereocenters. The summed E-state index contributed by atoms with van der Waals surface area (Å²) in [6.07, 6.45) is 8.07. The first-order valence-corrected chi connectivity index (χ1v) is 10.9. The zero-order chi connectivity index (χ0) is 23.0. The van der Waals surface area contributed by atoms with Crippen LogP contribution >= 0.6 is 0 Å². The van der Waals surface area contributed by atoms with Crippen molar-refractivity contribution in [3.05, 3.63) is 83.7 Å². The lowest BCUT2D eigenvalue weighted by atomic mass is 9.88. The second kappa shape index (κ2) is 8.37. The van der Waals surface area contributed by atoms with Crippen LogP contribution in [0.2, 0.25) is 0 Å². The topological polar surface area (TPSA) is 72.1 Å². The number of aliphatic hydroxyl groups is 1. The summed E-state index contributed by atoms with van der Waals surface area (Å²) in [5.41, 5.74) is 2.27. The number of piperidine rings is 1. The summed E-state index contributed by atoms with van der Waals surface area (Å²) in [4.78, 5) is 12.1. The predicted molar refractivity (Wildman–Crippen MR) is 122 cm³/mol. The first-order chi connectivity index (χ1) is 16.0. The van der Waals surface area contributed by atoms with Crippen molar-refractivity contribution < 1.29 is 19.1 Å². The summed E-state index contributed by atoms with van der Waals surface area (Å²) in [7, 11) is 1.64. The molecule has 0 spiro atoms. The third-order valence-electron chi connectivity index (χ3n) is 6.14. The molecule has 0 amide bonds. The van der Waals surface area contributed by atoms with Crippen LogP contribution < -0.4 is 4.74 Å². The summed E-state index contributed by atoms with van der Waals surface area (Å²) in [6.45, 7) is 2.60.